The van der Waals surface area contributed by atoms with Crippen LogP contribution in [-0.4, -0.2) is 30.8 Å². The third-order valence-corrected chi connectivity index (χ3v) is 4.88. The lowest BCUT2D eigenvalue weighted by Gasteiger charge is -2.42. The molecule has 6 heteroatoms. The first-order chi connectivity index (χ1) is 9.87. The van der Waals surface area contributed by atoms with E-state index in [-0.39, 0.29) is 18.9 Å². The fourth-order valence-electron chi connectivity index (χ4n) is 3.76. The molecule has 0 aromatic carbocycles. The minimum absolute atomic E-state index is 0.106. The summed E-state index contributed by atoms with van der Waals surface area (Å²) in [4.78, 5) is 12.2. The fraction of sp³-hybridized carbons (Fsp3) is 0.933. The summed E-state index contributed by atoms with van der Waals surface area (Å²) in [6, 6.07) is 0.129. The molecule has 0 aliphatic heterocycles. The molecule has 0 aromatic rings. The molecule has 0 amide bonds. The van der Waals surface area contributed by atoms with E-state index in [4.69, 9.17) is 4.74 Å². The molecule has 0 spiro atoms. The van der Waals surface area contributed by atoms with Crippen LogP contribution in [0, 0.1) is 5.92 Å². The van der Waals surface area contributed by atoms with E-state index in [0.29, 0.717) is 12.8 Å². The van der Waals surface area contributed by atoms with Gasteiger partial charge in [0, 0.05) is 6.04 Å². The second-order valence-corrected chi connectivity index (χ2v) is 6.39. The van der Waals surface area contributed by atoms with E-state index in [2.05, 4.69) is 5.32 Å². The summed E-state index contributed by atoms with van der Waals surface area (Å²) in [5.41, 5.74) is -1.16. The molecule has 0 heterocycles. The van der Waals surface area contributed by atoms with Crippen LogP contribution in [0.5, 0.6) is 0 Å². The van der Waals surface area contributed by atoms with Gasteiger partial charge in [-0.05, 0) is 32.1 Å². The summed E-state index contributed by atoms with van der Waals surface area (Å²) in [5.74, 6) is -1.96. The van der Waals surface area contributed by atoms with Crippen molar-refractivity contribution in [1.82, 2.24) is 5.32 Å². The average molecular weight is 307 g/mol. The first-order valence-corrected chi connectivity index (χ1v) is 7.80. The van der Waals surface area contributed by atoms with Gasteiger partial charge in [-0.3, -0.25) is 10.1 Å². The second kappa shape index (κ2) is 6.55. The third kappa shape index (κ3) is 3.90. The van der Waals surface area contributed by atoms with E-state index in [0.717, 1.165) is 32.1 Å². The van der Waals surface area contributed by atoms with Crippen LogP contribution in [0.2, 0.25) is 0 Å². The zero-order chi connectivity index (χ0) is 15.5. The van der Waals surface area contributed by atoms with Gasteiger partial charge >= 0.3 is 12.1 Å². The Balaban J connectivity index is 2.14. The van der Waals surface area contributed by atoms with Crippen molar-refractivity contribution in [3.8, 4) is 0 Å². The van der Waals surface area contributed by atoms with E-state index >= 15 is 0 Å². The number of esters is 1. The van der Waals surface area contributed by atoms with Gasteiger partial charge in [-0.25, -0.2) is 0 Å². The zero-order valence-electron chi connectivity index (χ0n) is 12.5. The largest absolute Gasteiger partial charge is 0.468 e. The predicted octanol–water partition coefficient (Wildman–Crippen LogP) is 3.57. The summed E-state index contributed by atoms with van der Waals surface area (Å²) in [7, 11) is 1.25. The Bertz CT molecular complexity index is 366. The molecular formula is C15H24F3NO2. The maximum absolute atomic E-state index is 13.1. The molecule has 0 aromatic heterocycles. The maximum Gasteiger partial charge on any atom is 0.391 e. The summed E-state index contributed by atoms with van der Waals surface area (Å²) in [6.45, 7) is 0. The number of ether oxygens (including phenoxy) is 1. The Morgan fingerprint density at radius 1 is 1.14 bits per heavy atom. The van der Waals surface area contributed by atoms with E-state index in [1.165, 1.54) is 7.11 Å². The Morgan fingerprint density at radius 2 is 1.81 bits per heavy atom. The van der Waals surface area contributed by atoms with Crippen molar-refractivity contribution in [3.05, 3.63) is 0 Å². The number of rotatable bonds is 3. The Kier molecular flexibility index (Phi) is 5.17. The van der Waals surface area contributed by atoms with Crippen LogP contribution < -0.4 is 5.32 Å². The first-order valence-electron chi connectivity index (χ1n) is 7.80. The van der Waals surface area contributed by atoms with Crippen molar-refractivity contribution in [2.75, 3.05) is 7.11 Å². The van der Waals surface area contributed by atoms with Crippen molar-refractivity contribution in [3.63, 3.8) is 0 Å². The molecule has 2 aliphatic rings. The molecule has 0 bridgehead atoms. The van der Waals surface area contributed by atoms with Gasteiger partial charge in [-0.1, -0.05) is 25.7 Å². The molecule has 0 saturated heterocycles. The topological polar surface area (TPSA) is 38.3 Å². The van der Waals surface area contributed by atoms with Crippen molar-refractivity contribution in [1.29, 1.82) is 0 Å². The van der Waals surface area contributed by atoms with E-state index in [9.17, 15) is 18.0 Å². The Morgan fingerprint density at radius 3 is 2.38 bits per heavy atom. The predicted molar refractivity (Wildman–Crippen MR) is 72.8 cm³/mol. The van der Waals surface area contributed by atoms with Gasteiger partial charge in [0.05, 0.1) is 13.0 Å². The number of hydrogen-bond donors (Lipinski definition) is 1. The van der Waals surface area contributed by atoms with Crippen LogP contribution in [0.3, 0.4) is 0 Å². The molecule has 2 unspecified atom stereocenters. The average Bonchev–Trinajstić information content (AvgIpc) is 2.46. The third-order valence-electron chi connectivity index (χ3n) is 4.88. The van der Waals surface area contributed by atoms with E-state index in [1.807, 2.05) is 0 Å². The van der Waals surface area contributed by atoms with Gasteiger partial charge in [0.1, 0.15) is 5.54 Å². The van der Waals surface area contributed by atoms with Crippen molar-refractivity contribution in [2.45, 2.75) is 75.5 Å². The number of carbonyl (C=O) groups excluding carboxylic acids is 1. The highest BCUT2D eigenvalue weighted by atomic mass is 19.4. The SMILES string of the molecule is COC(=O)C1(NC2CCCCC2)CCCC(C(F)(F)F)C1. The van der Waals surface area contributed by atoms with Gasteiger partial charge in [-0.15, -0.1) is 0 Å². The summed E-state index contributed by atoms with van der Waals surface area (Å²) in [6.07, 6.45) is 1.65. The smallest absolute Gasteiger partial charge is 0.391 e. The van der Waals surface area contributed by atoms with Crippen LogP contribution in [0.1, 0.15) is 57.8 Å². The highest BCUT2D eigenvalue weighted by Gasteiger charge is 2.52. The molecule has 21 heavy (non-hydrogen) atoms. The molecule has 122 valence electrons. The van der Waals surface area contributed by atoms with Crippen molar-refractivity contribution < 1.29 is 22.7 Å². The minimum atomic E-state index is -4.24. The number of alkyl halides is 3. The molecule has 2 fully saturated rings. The number of hydrogen-bond acceptors (Lipinski definition) is 3. The lowest BCUT2D eigenvalue weighted by atomic mass is 9.74. The van der Waals surface area contributed by atoms with Gasteiger partial charge in [-0.2, -0.15) is 13.2 Å². The normalized spacial score (nSPS) is 31.9. The Hall–Kier alpha value is -0.780. The lowest BCUT2D eigenvalue weighted by Crippen LogP contribution is -2.60. The first kappa shape index (κ1) is 16.6. The van der Waals surface area contributed by atoms with E-state index in [1.54, 1.807) is 0 Å². The van der Waals surface area contributed by atoms with Crippen LogP contribution in [-0.2, 0) is 9.53 Å². The van der Waals surface area contributed by atoms with Gasteiger partial charge in [0.15, 0.2) is 0 Å². The number of methoxy groups -OCH3 is 1. The van der Waals surface area contributed by atoms with E-state index < -0.39 is 23.6 Å². The lowest BCUT2D eigenvalue weighted by molar-refractivity contribution is -0.192. The van der Waals surface area contributed by atoms with Gasteiger partial charge in [0.2, 0.25) is 0 Å². The highest BCUT2D eigenvalue weighted by molar-refractivity contribution is 5.81. The van der Waals surface area contributed by atoms with Crippen LogP contribution in [0.15, 0.2) is 0 Å². The summed E-state index contributed by atoms with van der Waals surface area (Å²) in [5, 5.41) is 3.25. The summed E-state index contributed by atoms with van der Waals surface area (Å²) < 4.78 is 44.0. The molecule has 2 saturated carbocycles. The molecule has 2 rings (SSSR count). The molecular weight excluding hydrogens is 283 g/mol. The highest BCUT2D eigenvalue weighted by Crippen LogP contribution is 2.42. The molecule has 1 N–H and O–H groups in total. The minimum Gasteiger partial charge on any atom is -0.468 e. The molecule has 0 radical (unpaired) electrons. The van der Waals surface area contributed by atoms with Crippen LogP contribution in [0.25, 0.3) is 0 Å². The standard InChI is InChI=1S/C15H24F3NO2/c1-21-13(20)14(19-12-7-3-2-4-8-12)9-5-6-11(10-14)15(16,17)18/h11-12,19H,2-10H2,1H3. The number of carbonyl (C=O) groups is 1. The van der Waals surface area contributed by atoms with Crippen LogP contribution in [0.4, 0.5) is 13.2 Å². The van der Waals surface area contributed by atoms with Gasteiger partial charge < -0.3 is 4.74 Å². The van der Waals surface area contributed by atoms with Crippen molar-refractivity contribution in [2.24, 2.45) is 5.92 Å². The van der Waals surface area contributed by atoms with Gasteiger partial charge in [0.25, 0.3) is 0 Å². The number of nitrogens with one attached hydrogen (secondary N) is 1. The van der Waals surface area contributed by atoms with Crippen LogP contribution >= 0.6 is 0 Å². The van der Waals surface area contributed by atoms with Crippen molar-refractivity contribution >= 4 is 5.97 Å². The Labute approximate surface area is 123 Å². The molecule has 2 atom stereocenters. The monoisotopic (exact) mass is 307 g/mol. The zero-order valence-corrected chi connectivity index (χ0v) is 12.5. The fourth-order valence-corrected chi connectivity index (χ4v) is 3.76. The quantitative estimate of drug-likeness (QED) is 0.810. The number of halogens is 3. The molecule has 3 nitrogen and oxygen atoms in total. The molecule has 2 aliphatic carbocycles. The summed E-state index contributed by atoms with van der Waals surface area (Å²) >= 11 is 0. The maximum atomic E-state index is 13.1. The second-order valence-electron chi connectivity index (χ2n) is 6.39.